The van der Waals surface area contributed by atoms with Crippen LogP contribution in [0.2, 0.25) is 0 Å². The Kier molecular flexibility index (Phi) is 7.31. The Hall–Kier alpha value is -2.08. The summed E-state index contributed by atoms with van der Waals surface area (Å²) in [6.07, 6.45) is 5.82. The number of hydrogen-bond acceptors (Lipinski definition) is 3. The van der Waals surface area contributed by atoms with E-state index in [1.807, 2.05) is 11.8 Å². The number of amides is 3. The minimum atomic E-state index is -0.0136. The zero-order valence-electron chi connectivity index (χ0n) is 17.3. The Bertz CT molecular complexity index is 683. The molecule has 1 aliphatic heterocycles. The van der Waals surface area contributed by atoms with Gasteiger partial charge in [0.15, 0.2) is 0 Å². The second-order valence-corrected chi connectivity index (χ2v) is 8.02. The summed E-state index contributed by atoms with van der Waals surface area (Å²) in [7, 11) is 0. The highest BCUT2D eigenvalue weighted by molar-refractivity contribution is 5.78. The summed E-state index contributed by atoms with van der Waals surface area (Å²) in [5.74, 6) is 0.0702. The normalized spacial score (nSPS) is 18.3. The van der Waals surface area contributed by atoms with Gasteiger partial charge in [0.25, 0.3) is 0 Å². The van der Waals surface area contributed by atoms with Crippen molar-refractivity contribution in [2.75, 3.05) is 39.3 Å². The molecule has 2 N–H and O–H groups in total. The van der Waals surface area contributed by atoms with E-state index in [0.29, 0.717) is 19.6 Å². The Labute approximate surface area is 168 Å². The summed E-state index contributed by atoms with van der Waals surface area (Å²) >= 11 is 0. The average molecular weight is 387 g/mol. The van der Waals surface area contributed by atoms with Crippen LogP contribution in [0.4, 0.5) is 4.79 Å². The molecule has 1 aromatic carbocycles. The van der Waals surface area contributed by atoms with E-state index in [4.69, 9.17) is 0 Å². The van der Waals surface area contributed by atoms with E-state index < -0.39 is 0 Å². The largest absolute Gasteiger partial charge is 0.355 e. The molecule has 0 radical (unpaired) electrons. The van der Waals surface area contributed by atoms with Crippen LogP contribution in [-0.2, 0) is 17.6 Å². The molecule has 3 rings (SSSR count). The molecule has 0 saturated carbocycles. The summed E-state index contributed by atoms with van der Waals surface area (Å²) in [5, 5.41) is 6.05. The number of nitrogens with one attached hydrogen (secondary N) is 2. The molecule has 1 aromatic rings. The van der Waals surface area contributed by atoms with Crippen LogP contribution in [0.1, 0.15) is 55.8 Å². The van der Waals surface area contributed by atoms with Crippen LogP contribution in [-0.4, -0.2) is 61.0 Å². The molecule has 0 spiro atoms. The van der Waals surface area contributed by atoms with Crippen molar-refractivity contribution in [3.05, 3.63) is 34.9 Å². The number of carbonyl (C=O) groups is 2. The van der Waals surface area contributed by atoms with E-state index in [0.717, 1.165) is 32.5 Å². The Balaban J connectivity index is 1.46. The molecule has 1 fully saturated rings. The second-order valence-electron chi connectivity index (χ2n) is 8.02. The minimum absolute atomic E-state index is 0.00224. The number of aryl methyl sites for hydroxylation is 2. The molecule has 0 aromatic heterocycles. The predicted molar refractivity (Wildman–Crippen MR) is 111 cm³/mol. The van der Waals surface area contributed by atoms with Gasteiger partial charge in [0.1, 0.15) is 0 Å². The van der Waals surface area contributed by atoms with Gasteiger partial charge < -0.3 is 15.5 Å². The molecular formula is C22H34N4O2. The maximum atomic E-state index is 12.7. The number of urea groups is 1. The van der Waals surface area contributed by atoms with Gasteiger partial charge in [-0.3, -0.25) is 9.69 Å². The van der Waals surface area contributed by atoms with Gasteiger partial charge in [-0.05, 0) is 55.7 Å². The topological polar surface area (TPSA) is 64.7 Å². The van der Waals surface area contributed by atoms with Crippen LogP contribution in [0.3, 0.4) is 0 Å². The first-order valence-electron chi connectivity index (χ1n) is 10.7. The number of fused-ring (bicyclic) bond motifs is 1. The van der Waals surface area contributed by atoms with E-state index in [1.54, 1.807) is 0 Å². The highest BCUT2D eigenvalue weighted by atomic mass is 16.2. The third-order valence-electron chi connectivity index (χ3n) is 5.81. The van der Waals surface area contributed by atoms with Crippen LogP contribution in [0.25, 0.3) is 0 Å². The Morgan fingerprint density at radius 2 is 1.79 bits per heavy atom. The van der Waals surface area contributed by atoms with Gasteiger partial charge in [0.05, 0.1) is 12.6 Å². The van der Waals surface area contributed by atoms with Crippen molar-refractivity contribution < 1.29 is 9.59 Å². The van der Waals surface area contributed by atoms with Crippen LogP contribution >= 0.6 is 0 Å². The van der Waals surface area contributed by atoms with Gasteiger partial charge in [-0.25, -0.2) is 4.79 Å². The number of hydrogen-bond donors (Lipinski definition) is 2. The maximum Gasteiger partial charge on any atom is 0.317 e. The summed E-state index contributed by atoms with van der Waals surface area (Å²) in [5.41, 5.74) is 4.09. The maximum absolute atomic E-state index is 12.7. The molecule has 154 valence electrons. The molecule has 1 heterocycles. The lowest BCUT2D eigenvalue weighted by molar-refractivity contribution is -0.122. The number of carbonyl (C=O) groups excluding carboxylic acids is 2. The van der Waals surface area contributed by atoms with Crippen LogP contribution in [0.15, 0.2) is 18.2 Å². The van der Waals surface area contributed by atoms with E-state index >= 15 is 0 Å². The third-order valence-corrected chi connectivity index (χ3v) is 5.81. The van der Waals surface area contributed by atoms with E-state index in [-0.39, 0.29) is 18.0 Å². The lowest BCUT2D eigenvalue weighted by Gasteiger charge is -2.35. The van der Waals surface area contributed by atoms with Crippen LogP contribution in [0, 0.1) is 0 Å². The predicted octanol–water partition coefficient (Wildman–Crippen LogP) is 2.48. The smallest absolute Gasteiger partial charge is 0.317 e. The zero-order chi connectivity index (χ0) is 19.9. The fourth-order valence-corrected chi connectivity index (χ4v) is 4.02. The van der Waals surface area contributed by atoms with Crippen LogP contribution < -0.4 is 10.6 Å². The third kappa shape index (κ3) is 5.47. The van der Waals surface area contributed by atoms with Gasteiger partial charge >= 0.3 is 6.03 Å². The lowest BCUT2D eigenvalue weighted by atomic mass is 9.89. The van der Waals surface area contributed by atoms with E-state index in [1.165, 1.54) is 36.0 Å². The Morgan fingerprint density at radius 3 is 2.50 bits per heavy atom. The van der Waals surface area contributed by atoms with Crippen LogP contribution in [0.5, 0.6) is 0 Å². The lowest BCUT2D eigenvalue weighted by Crippen LogP contribution is -2.53. The summed E-state index contributed by atoms with van der Waals surface area (Å²) in [6.45, 7) is 8.02. The van der Waals surface area contributed by atoms with Crippen molar-refractivity contribution in [3.63, 3.8) is 0 Å². The van der Waals surface area contributed by atoms with Crippen molar-refractivity contribution in [2.24, 2.45) is 0 Å². The SMILES string of the molecule is CCCNC(=O)CN1CCN(C(=O)NC(C)c2ccc3c(c2)CCCC3)CC1. The zero-order valence-corrected chi connectivity index (χ0v) is 17.3. The highest BCUT2D eigenvalue weighted by Gasteiger charge is 2.23. The number of rotatable bonds is 6. The van der Waals surface area contributed by atoms with Gasteiger partial charge in [-0.15, -0.1) is 0 Å². The molecule has 1 saturated heterocycles. The summed E-state index contributed by atoms with van der Waals surface area (Å²) in [4.78, 5) is 28.5. The van der Waals surface area contributed by atoms with Gasteiger partial charge in [-0.1, -0.05) is 25.1 Å². The number of nitrogens with zero attached hydrogens (tertiary/aromatic N) is 2. The molecular weight excluding hydrogens is 352 g/mol. The molecule has 0 bridgehead atoms. The van der Waals surface area contributed by atoms with Crippen molar-refractivity contribution >= 4 is 11.9 Å². The van der Waals surface area contributed by atoms with E-state index in [9.17, 15) is 9.59 Å². The molecule has 1 unspecified atom stereocenters. The highest BCUT2D eigenvalue weighted by Crippen LogP contribution is 2.24. The number of benzene rings is 1. The van der Waals surface area contributed by atoms with Gasteiger partial charge in [0.2, 0.25) is 5.91 Å². The fourth-order valence-electron chi connectivity index (χ4n) is 4.02. The first kappa shape index (κ1) is 20.6. The fraction of sp³-hybridized carbons (Fsp3) is 0.636. The molecule has 2 aliphatic rings. The summed E-state index contributed by atoms with van der Waals surface area (Å²) < 4.78 is 0. The second kappa shape index (κ2) is 9.92. The molecule has 1 aliphatic carbocycles. The minimum Gasteiger partial charge on any atom is -0.355 e. The standard InChI is InChI=1S/C22H34N4O2/c1-3-10-23-21(27)16-25-11-13-26(14-12-25)22(28)24-17(2)19-9-8-18-6-4-5-7-20(18)15-19/h8-9,15,17H,3-7,10-14,16H2,1-2H3,(H,23,27)(H,24,28). The van der Waals surface area contributed by atoms with Gasteiger partial charge in [0, 0.05) is 32.7 Å². The average Bonchev–Trinajstić information content (AvgIpc) is 2.72. The number of piperazine rings is 1. The van der Waals surface area contributed by atoms with Crippen molar-refractivity contribution in [1.29, 1.82) is 0 Å². The molecule has 1 atom stereocenters. The van der Waals surface area contributed by atoms with E-state index in [2.05, 4.69) is 40.7 Å². The Morgan fingerprint density at radius 1 is 1.07 bits per heavy atom. The molecule has 6 heteroatoms. The van der Waals surface area contributed by atoms with Crippen molar-refractivity contribution in [2.45, 2.75) is 52.0 Å². The van der Waals surface area contributed by atoms with Crippen molar-refractivity contribution in [1.82, 2.24) is 20.4 Å². The first-order chi connectivity index (χ1) is 13.6. The molecule has 3 amide bonds. The quantitative estimate of drug-likeness (QED) is 0.789. The summed E-state index contributed by atoms with van der Waals surface area (Å²) in [6, 6.07) is 6.64. The molecule has 6 nitrogen and oxygen atoms in total. The van der Waals surface area contributed by atoms with Crippen molar-refractivity contribution in [3.8, 4) is 0 Å². The molecule has 28 heavy (non-hydrogen) atoms. The monoisotopic (exact) mass is 386 g/mol. The first-order valence-corrected chi connectivity index (χ1v) is 10.7. The van der Waals surface area contributed by atoms with Gasteiger partial charge in [-0.2, -0.15) is 0 Å².